The molecule has 0 radical (unpaired) electrons. The highest BCUT2D eigenvalue weighted by Gasteiger charge is 2.19. The topological polar surface area (TPSA) is 81.3 Å². The molecule has 0 spiro atoms. The first-order valence-corrected chi connectivity index (χ1v) is 11.4. The summed E-state index contributed by atoms with van der Waals surface area (Å²) in [5, 5.41) is 7.85. The van der Waals surface area contributed by atoms with Crippen LogP contribution in [0.25, 0.3) is 16.7 Å². The molecule has 0 aliphatic carbocycles. The van der Waals surface area contributed by atoms with Crippen LogP contribution in [0.15, 0.2) is 71.5 Å². The number of amides is 1. The van der Waals surface area contributed by atoms with Crippen LogP contribution in [0.5, 0.6) is 0 Å². The molecule has 170 valence electrons. The van der Waals surface area contributed by atoms with Crippen molar-refractivity contribution >= 4 is 39.9 Å². The zero-order valence-electron chi connectivity index (χ0n) is 18.7. The van der Waals surface area contributed by atoms with E-state index in [4.69, 9.17) is 11.6 Å². The normalized spacial score (nSPS) is 11.3. The van der Waals surface area contributed by atoms with Crippen molar-refractivity contribution in [1.82, 2.24) is 19.2 Å². The molecule has 0 atom stereocenters. The third kappa shape index (κ3) is 4.06. The summed E-state index contributed by atoms with van der Waals surface area (Å²) in [5.41, 5.74) is 4.85. The van der Waals surface area contributed by atoms with Gasteiger partial charge in [-0.15, -0.1) is 5.10 Å². The van der Waals surface area contributed by atoms with E-state index in [1.54, 1.807) is 16.7 Å². The van der Waals surface area contributed by atoms with Gasteiger partial charge in [0.15, 0.2) is 0 Å². The third-order valence-corrected chi connectivity index (χ3v) is 6.00. The van der Waals surface area contributed by atoms with Crippen molar-refractivity contribution in [2.45, 2.75) is 26.8 Å². The van der Waals surface area contributed by atoms with E-state index >= 15 is 0 Å². The van der Waals surface area contributed by atoms with Crippen LogP contribution in [0.3, 0.4) is 0 Å². The summed E-state index contributed by atoms with van der Waals surface area (Å²) < 4.78 is 3.11. The molecule has 34 heavy (non-hydrogen) atoms. The molecular formula is C26H22ClN5O2. The lowest BCUT2D eigenvalue weighted by molar-refractivity contribution is 0.101. The van der Waals surface area contributed by atoms with Gasteiger partial charge in [0.25, 0.3) is 11.5 Å². The number of carbonyl (C=O) groups is 1. The largest absolute Gasteiger partial charge is 0.319 e. The summed E-state index contributed by atoms with van der Waals surface area (Å²) in [7, 11) is 0. The Morgan fingerprint density at radius 2 is 1.79 bits per heavy atom. The minimum absolute atomic E-state index is 0.0647. The van der Waals surface area contributed by atoms with Crippen LogP contribution in [0.2, 0.25) is 5.02 Å². The van der Waals surface area contributed by atoms with Crippen LogP contribution in [-0.4, -0.2) is 25.1 Å². The molecule has 0 aliphatic rings. The molecule has 7 nitrogen and oxygen atoms in total. The van der Waals surface area contributed by atoms with E-state index < -0.39 is 5.91 Å². The third-order valence-electron chi connectivity index (χ3n) is 5.74. The zero-order chi connectivity index (χ0) is 23.8. The lowest BCUT2D eigenvalue weighted by Gasteiger charge is -2.12. The number of nitrogens with one attached hydrogen (secondary N) is 1. The number of hydrogen-bond acceptors (Lipinski definition) is 4. The maximum Gasteiger partial charge on any atom is 0.296 e. The summed E-state index contributed by atoms with van der Waals surface area (Å²) in [5.74, 6) is -0.536. The van der Waals surface area contributed by atoms with Crippen molar-refractivity contribution < 1.29 is 4.79 Å². The second kappa shape index (κ2) is 8.76. The van der Waals surface area contributed by atoms with Gasteiger partial charge in [-0.1, -0.05) is 48.9 Å². The van der Waals surface area contributed by atoms with Crippen molar-refractivity contribution in [3.63, 3.8) is 0 Å². The van der Waals surface area contributed by atoms with Crippen LogP contribution in [-0.2, 0) is 13.0 Å². The lowest BCUT2D eigenvalue weighted by atomic mass is 10.1. The standard InChI is InChI=1S/C26H22ClN5O2/c1-3-17-5-4-6-20(14-17)28-25(33)23-29-24-26(34)31(15-18-8-10-19(27)11-9-18)22-13-16(2)7-12-21(22)32(24)30-23/h4-14H,3,15H2,1-2H3,(H,28,33). The molecule has 1 N–H and O–H groups in total. The quantitative estimate of drug-likeness (QED) is 0.396. The Bertz CT molecular complexity index is 1600. The maximum atomic E-state index is 13.5. The van der Waals surface area contributed by atoms with Gasteiger partial charge in [0, 0.05) is 10.7 Å². The fourth-order valence-corrected chi connectivity index (χ4v) is 4.08. The van der Waals surface area contributed by atoms with Gasteiger partial charge in [-0.05, 0) is 66.4 Å². The molecule has 0 saturated carbocycles. The fraction of sp³-hybridized carbons (Fsp3) is 0.154. The monoisotopic (exact) mass is 471 g/mol. The molecule has 1 amide bonds. The maximum absolute atomic E-state index is 13.5. The van der Waals surface area contributed by atoms with Gasteiger partial charge in [0.05, 0.1) is 17.6 Å². The minimum atomic E-state index is -0.471. The first-order chi connectivity index (χ1) is 16.4. The first-order valence-electron chi connectivity index (χ1n) is 11.0. The predicted octanol–water partition coefficient (Wildman–Crippen LogP) is 4.87. The van der Waals surface area contributed by atoms with Crippen molar-refractivity contribution in [3.8, 4) is 0 Å². The highest BCUT2D eigenvalue weighted by molar-refractivity contribution is 6.30. The Morgan fingerprint density at radius 1 is 1.00 bits per heavy atom. The smallest absolute Gasteiger partial charge is 0.296 e. The van der Waals surface area contributed by atoms with E-state index in [-0.39, 0.29) is 17.0 Å². The molecule has 5 aromatic rings. The number of fused-ring (bicyclic) bond motifs is 3. The summed E-state index contributed by atoms with van der Waals surface area (Å²) in [6, 6.07) is 20.7. The number of rotatable bonds is 5. The zero-order valence-corrected chi connectivity index (χ0v) is 19.5. The average Bonchev–Trinajstić information content (AvgIpc) is 3.29. The minimum Gasteiger partial charge on any atom is -0.319 e. The number of aryl methyl sites for hydroxylation is 2. The summed E-state index contributed by atoms with van der Waals surface area (Å²) in [6.07, 6.45) is 0.856. The van der Waals surface area contributed by atoms with Crippen LogP contribution >= 0.6 is 11.6 Å². The molecule has 0 aliphatic heterocycles. The van der Waals surface area contributed by atoms with Gasteiger partial charge in [-0.3, -0.25) is 14.2 Å². The molecule has 0 saturated heterocycles. The van der Waals surface area contributed by atoms with Gasteiger partial charge in [0.1, 0.15) is 0 Å². The van der Waals surface area contributed by atoms with Crippen molar-refractivity contribution in [2.75, 3.05) is 5.32 Å². The second-order valence-corrected chi connectivity index (χ2v) is 8.63. The number of carbonyl (C=O) groups excluding carboxylic acids is 1. The van der Waals surface area contributed by atoms with Crippen LogP contribution in [0.1, 0.15) is 34.2 Å². The summed E-state index contributed by atoms with van der Waals surface area (Å²) in [4.78, 5) is 30.7. The molecule has 8 heteroatoms. The number of nitrogens with zero attached hydrogens (tertiary/aromatic N) is 4. The lowest BCUT2D eigenvalue weighted by Crippen LogP contribution is -2.24. The summed E-state index contributed by atoms with van der Waals surface area (Å²) in [6.45, 7) is 4.35. The number of halogens is 1. The van der Waals surface area contributed by atoms with Gasteiger partial charge in [-0.2, -0.15) is 4.98 Å². The van der Waals surface area contributed by atoms with Crippen molar-refractivity contribution in [3.05, 3.63) is 105 Å². The van der Waals surface area contributed by atoms with Crippen LogP contribution < -0.4 is 10.9 Å². The number of hydrogen-bond donors (Lipinski definition) is 1. The SMILES string of the molecule is CCc1cccc(NC(=O)c2nc3c(=O)n(Cc4ccc(Cl)cc4)c4cc(C)ccc4n3n2)c1. The van der Waals surface area contributed by atoms with Crippen molar-refractivity contribution in [2.24, 2.45) is 0 Å². The molecule has 0 unspecified atom stereocenters. The van der Waals surface area contributed by atoms with Crippen molar-refractivity contribution in [1.29, 1.82) is 0 Å². The van der Waals surface area contributed by atoms with Gasteiger partial charge in [-0.25, -0.2) is 4.52 Å². The Labute approximate surface area is 200 Å². The number of aromatic nitrogens is 4. The molecule has 3 aromatic carbocycles. The van der Waals surface area contributed by atoms with E-state index in [1.165, 1.54) is 4.52 Å². The van der Waals surface area contributed by atoms with Crippen LogP contribution in [0.4, 0.5) is 5.69 Å². The molecule has 0 fully saturated rings. The fourth-order valence-electron chi connectivity index (χ4n) is 3.96. The van der Waals surface area contributed by atoms with E-state index in [0.29, 0.717) is 28.3 Å². The van der Waals surface area contributed by atoms with E-state index in [0.717, 1.165) is 23.1 Å². The van der Waals surface area contributed by atoms with E-state index in [1.807, 2.05) is 68.4 Å². The number of anilines is 1. The van der Waals surface area contributed by atoms with Gasteiger partial charge >= 0.3 is 0 Å². The molecule has 0 bridgehead atoms. The van der Waals surface area contributed by atoms with E-state index in [2.05, 4.69) is 15.4 Å². The van der Waals surface area contributed by atoms with Gasteiger partial charge in [0.2, 0.25) is 11.5 Å². The van der Waals surface area contributed by atoms with Crippen LogP contribution in [0, 0.1) is 6.92 Å². The predicted molar refractivity (Wildman–Crippen MR) is 134 cm³/mol. The molecule has 2 aromatic heterocycles. The Balaban J connectivity index is 1.61. The average molecular weight is 472 g/mol. The highest BCUT2D eigenvalue weighted by Crippen LogP contribution is 2.19. The first kappa shape index (κ1) is 21.9. The molecular weight excluding hydrogens is 450 g/mol. The van der Waals surface area contributed by atoms with E-state index in [9.17, 15) is 9.59 Å². The highest BCUT2D eigenvalue weighted by atomic mass is 35.5. The molecule has 5 rings (SSSR count). The molecule has 2 heterocycles. The Hall–Kier alpha value is -3.97. The number of benzene rings is 3. The van der Waals surface area contributed by atoms with Gasteiger partial charge < -0.3 is 5.32 Å². The Morgan fingerprint density at radius 3 is 2.56 bits per heavy atom. The Kier molecular flexibility index (Phi) is 5.63. The second-order valence-electron chi connectivity index (χ2n) is 8.19. The summed E-state index contributed by atoms with van der Waals surface area (Å²) >= 11 is 6.02.